The van der Waals surface area contributed by atoms with Gasteiger partial charge in [0, 0.05) is 25.3 Å². The summed E-state index contributed by atoms with van der Waals surface area (Å²) in [5.41, 5.74) is 1.28. The van der Waals surface area contributed by atoms with Gasteiger partial charge in [-0.2, -0.15) is 0 Å². The van der Waals surface area contributed by atoms with E-state index in [1.54, 1.807) is 42.7 Å². The van der Waals surface area contributed by atoms with Crippen LogP contribution in [0, 0.1) is 0 Å². The molecule has 0 fully saturated rings. The SMILES string of the molecule is CC(=O)c1cccc(NS(=O)N(C)C)c1. The zero-order valence-electron chi connectivity index (χ0n) is 8.98. The van der Waals surface area contributed by atoms with Crippen molar-refractivity contribution in [1.29, 1.82) is 0 Å². The Balaban J connectivity index is 2.83. The molecule has 1 unspecified atom stereocenters. The molecule has 1 N–H and O–H groups in total. The molecular formula is C10H14N2O2S. The number of carbonyl (C=O) groups excluding carboxylic acids is 1. The summed E-state index contributed by atoms with van der Waals surface area (Å²) < 4.78 is 15.8. The third-order valence-electron chi connectivity index (χ3n) is 1.81. The molecule has 0 amide bonds. The van der Waals surface area contributed by atoms with Crippen LogP contribution in [0.3, 0.4) is 0 Å². The van der Waals surface area contributed by atoms with Crippen LogP contribution in [0.25, 0.3) is 0 Å². The number of hydrogen-bond acceptors (Lipinski definition) is 2. The molecule has 4 nitrogen and oxygen atoms in total. The van der Waals surface area contributed by atoms with Crippen molar-refractivity contribution in [2.24, 2.45) is 0 Å². The Morgan fingerprint density at radius 1 is 1.40 bits per heavy atom. The lowest BCUT2D eigenvalue weighted by Gasteiger charge is -2.11. The molecule has 15 heavy (non-hydrogen) atoms. The maximum atomic E-state index is 11.4. The van der Waals surface area contributed by atoms with E-state index in [9.17, 15) is 9.00 Å². The first kappa shape index (κ1) is 11.9. The Kier molecular flexibility index (Phi) is 3.99. The average molecular weight is 226 g/mol. The third kappa shape index (κ3) is 3.45. The molecular weight excluding hydrogens is 212 g/mol. The van der Waals surface area contributed by atoms with Crippen molar-refractivity contribution in [2.45, 2.75) is 6.92 Å². The van der Waals surface area contributed by atoms with E-state index in [1.165, 1.54) is 6.92 Å². The number of benzene rings is 1. The molecule has 5 heteroatoms. The summed E-state index contributed by atoms with van der Waals surface area (Å²) in [4.78, 5) is 11.1. The highest BCUT2D eigenvalue weighted by Gasteiger charge is 2.04. The topological polar surface area (TPSA) is 49.4 Å². The quantitative estimate of drug-likeness (QED) is 0.790. The van der Waals surface area contributed by atoms with Gasteiger partial charge < -0.3 is 0 Å². The minimum absolute atomic E-state index is 0.00529. The molecule has 1 aromatic rings. The lowest BCUT2D eigenvalue weighted by molar-refractivity contribution is 0.101. The number of nitrogens with zero attached hydrogens (tertiary/aromatic N) is 1. The van der Waals surface area contributed by atoms with Gasteiger partial charge in [0.15, 0.2) is 17.0 Å². The third-order valence-corrected chi connectivity index (χ3v) is 2.88. The van der Waals surface area contributed by atoms with Crippen molar-refractivity contribution in [1.82, 2.24) is 4.31 Å². The highest BCUT2D eigenvalue weighted by atomic mass is 32.2. The van der Waals surface area contributed by atoms with Gasteiger partial charge in [-0.1, -0.05) is 12.1 Å². The summed E-state index contributed by atoms with van der Waals surface area (Å²) in [5, 5.41) is 0. The first-order chi connectivity index (χ1) is 7.00. The zero-order valence-corrected chi connectivity index (χ0v) is 9.80. The van der Waals surface area contributed by atoms with Crippen LogP contribution in [0.2, 0.25) is 0 Å². The summed E-state index contributed by atoms with van der Waals surface area (Å²) in [5.74, 6) is -0.00529. The Morgan fingerprint density at radius 3 is 2.60 bits per heavy atom. The lowest BCUT2D eigenvalue weighted by Crippen LogP contribution is -2.22. The van der Waals surface area contributed by atoms with Crippen LogP contribution in [0.1, 0.15) is 17.3 Å². The number of nitrogens with one attached hydrogen (secondary N) is 1. The number of ketones is 1. The van der Waals surface area contributed by atoms with Crippen molar-refractivity contribution >= 4 is 22.6 Å². The van der Waals surface area contributed by atoms with Crippen LogP contribution < -0.4 is 4.72 Å². The lowest BCUT2D eigenvalue weighted by atomic mass is 10.1. The fourth-order valence-corrected chi connectivity index (χ4v) is 1.50. The molecule has 0 spiro atoms. The first-order valence-electron chi connectivity index (χ1n) is 4.47. The molecule has 1 atom stereocenters. The predicted molar refractivity (Wildman–Crippen MR) is 61.9 cm³/mol. The Bertz CT molecular complexity index is 391. The van der Waals surface area contributed by atoms with E-state index >= 15 is 0 Å². The van der Waals surface area contributed by atoms with E-state index in [0.29, 0.717) is 11.3 Å². The largest absolute Gasteiger partial charge is 0.295 e. The molecule has 1 rings (SSSR count). The second-order valence-corrected chi connectivity index (χ2v) is 4.73. The summed E-state index contributed by atoms with van der Waals surface area (Å²) in [6.45, 7) is 1.50. The summed E-state index contributed by atoms with van der Waals surface area (Å²) in [6.07, 6.45) is 0. The molecule has 0 radical (unpaired) electrons. The number of Topliss-reactive ketones (excluding diaryl/α,β-unsaturated/α-hetero) is 1. The van der Waals surface area contributed by atoms with Gasteiger partial charge >= 0.3 is 0 Å². The fraction of sp³-hybridized carbons (Fsp3) is 0.300. The second kappa shape index (κ2) is 5.04. The number of rotatable bonds is 4. The van der Waals surface area contributed by atoms with Crippen LogP contribution in [-0.2, 0) is 11.2 Å². The zero-order chi connectivity index (χ0) is 11.4. The second-order valence-electron chi connectivity index (χ2n) is 3.30. The van der Waals surface area contributed by atoms with Gasteiger partial charge in [0.1, 0.15) is 0 Å². The smallest absolute Gasteiger partial charge is 0.195 e. The normalized spacial score (nSPS) is 12.5. The van der Waals surface area contributed by atoms with Gasteiger partial charge in [-0.15, -0.1) is 0 Å². The molecule has 0 bridgehead atoms. The molecule has 0 aliphatic carbocycles. The number of carbonyl (C=O) groups is 1. The Morgan fingerprint density at radius 2 is 2.07 bits per heavy atom. The molecule has 0 aliphatic rings. The summed E-state index contributed by atoms with van der Waals surface area (Å²) >= 11 is -1.27. The van der Waals surface area contributed by atoms with Gasteiger partial charge in [-0.25, -0.2) is 8.51 Å². The average Bonchev–Trinajstić information content (AvgIpc) is 2.18. The van der Waals surface area contributed by atoms with E-state index in [-0.39, 0.29) is 5.78 Å². The molecule has 1 aromatic carbocycles. The Labute approximate surface area is 92.0 Å². The van der Waals surface area contributed by atoms with Crippen molar-refractivity contribution in [3.05, 3.63) is 29.8 Å². The van der Waals surface area contributed by atoms with Crippen LogP contribution in [0.4, 0.5) is 5.69 Å². The fourth-order valence-electron chi connectivity index (χ4n) is 0.994. The summed E-state index contributed by atoms with van der Waals surface area (Å²) in [7, 11) is 3.41. The van der Waals surface area contributed by atoms with Crippen molar-refractivity contribution in [3.8, 4) is 0 Å². The van der Waals surface area contributed by atoms with E-state index in [2.05, 4.69) is 4.72 Å². The maximum absolute atomic E-state index is 11.4. The van der Waals surface area contributed by atoms with Gasteiger partial charge in [0.2, 0.25) is 0 Å². The van der Waals surface area contributed by atoms with Crippen molar-refractivity contribution in [2.75, 3.05) is 18.8 Å². The van der Waals surface area contributed by atoms with E-state index in [4.69, 9.17) is 0 Å². The van der Waals surface area contributed by atoms with Crippen LogP contribution in [-0.4, -0.2) is 28.4 Å². The van der Waals surface area contributed by atoms with E-state index in [1.807, 2.05) is 0 Å². The van der Waals surface area contributed by atoms with E-state index in [0.717, 1.165) is 0 Å². The minimum atomic E-state index is -1.27. The van der Waals surface area contributed by atoms with Gasteiger partial charge in [0.25, 0.3) is 0 Å². The van der Waals surface area contributed by atoms with Crippen LogP contribution >= 0.6 is 0 Å². The molecule has 0 saturated heterocycles. The van der Waals surface area contributed by atoms with Crippen LogP contribution in [0.15, 0.2) is 24.3 Å². The number of hydrogen-bond donors (Lipinski definition) is 1. The molecule has 82 valence electrons. The molecule has 0 heterocycles. The minimum Gasteiger partial charge on any atom is -0.295 e. The molecule has 0 aromatic heterocycles. The Hall–Kier alpha value is -1.20. The van der Waals surface area contributed by atoms with Crippen molar-refractivity contribution in [3.63, 3.8) is 0 Å². The highest BCUT2D eigenvalue weighted by molar-refractivity contribution is 7.83. The summed E-state index contributed by atoms with van der Waals surface area (Å²) in [6, 6.07) is 6.94. The molecule has 0 aliphatic heterocycles. The van der Waals surface area contributed by atoms with Crippen molar-refractivity contribution < 1.29 is 9.00 Å². The number of anilines is 1. The van der Waals surface area contributed by atoms with Gasteiger partial charge in [0.05, 0.1) is 0 Å². The van der Waals surface area contributed by atoms with Crippen LogP contribution in [0.5, 0.6) is 0 Å². The van der Waals surface area contributed by atoms with Gasteiger partial charge in [-0.3, -0.25) is 9.52 Å². The van der Waals surface area contributed by atoms with Gasteiger partial charge in [-0.05, 0) is 19.1 Å². The monoisotopic (exact) mass is 226 g/mol. The standard InChI is InChI=1S/C10H14N2O2S/c1-8(13)9-5-4-6-10(7-9)11-15(14)12(2)3/h4-7,11H,1-3H3. The predicted octanol–water partition coefficient (Wildman–Crippen LogP) is 1.44. The highest BCUT2D eigenvalue weighted by Crippen LogP contribution is 2.12. The maximum Gasteiger partial charge on any atom is 0.195 e. The molecule has 0 saturated carbocycles. The van der Waals surface area contributed by atoms with E-state index < -0.39 is 11.2 Å². The first-order valence-corrected chi connectivity index (χ1v) is 5.58.